The summed E-state index contributed by atoms with van der Waals surface area (Å²) < 4.78 is 10.6. The molecule has 0 bridgehead atoms. The zero-order valence-corrected chi connectivity index (χ0v) is 14.3. The molecular formula is C19H17N3O4. The second kappa shape index (κ2) is 7.52. The van der Waals surface area contributed by atoms with Crippen LogP contribution in [0.25, 0.3) is 0 Å². The number of aromatic nitrogens is 1. The van der Waals surface area contributed by atoms with Crippen molar-refractivity contribution in [3.8, 4) is 11.5 Å². The molecule has 1 aromatic heterocycles. The van der Waals surface area contributed by atoms with Crippen molar-refractivity contribution in [1.29, 1.82) is 0 Å². The number of nitrogens with zero attached hydrogens (tertiary/aromatic N) is 2. The Morgan fingerprint density at radius 3 is 2.31 bits per heavy atom. The van der Waals surface area contributed by atoms with E-state index < -0.39 is 5.97 Å². The second-order valence-electron chi connectivity index (χ2n) is 5.49. The van der Waals surface area contributed by atoms with Crippen molar-refractivity contribution in [3.05, 3.63) is 77.2 Å². The van der Waals surface area contributed by atoms with Crippen LogP contribution in [0.15, 0.2) is 64.3 Å². The highest BCUT2D eigenvalue weighted by Crippen LogP contribution is 2.21. The van der Waals surface area contributed by atoms with Crippen LogP contribution in [0.5, 0.6) is 11.5 Å². The van der Waals surface area contributed by atoms with Gasteiger partial charge in [0.2, 0.25) is 0 Å². The first-order chi connectivity index (χ1) is 12.5. The SMILES string of the molecule is Cc1noc(C)c1C(=O)ON=C(N)c1ccc(Oc2ccccc2)cc1. The third-order valence-corrected chi connectivity index (χ3v) is 3.59. The van der Waals surface area contributed by atoms with Gasteiger partial charge in [0.05, 0.1) is 5.69 Å². The number of nitrogens with two attached hydrogens (primary N) is 1. The summed E-state index contributed by atoms with van der Waals surface area (Å²) in [5.41, 5.74) is 7.14. The van der Waals surface area contributed by atoms with Gasteiger partial charge in [0.25, 0.3) is 0 Å². The zero-order valence-electron chi connectivity index (χ0n) is 14.3. The highest BCUT2D eigenvalue weighted by Gasteiger charge is 2.19. The average Bonchev–Trinajstić information content (AvgIpc) is 2.99. The van der Waals surface area contributed by atoms with E-state index in [0.717, 1.165) is 5.75 Å². The van der Waals surface area contributed by atoms with E-state index in [2.05, 4.69) is 10.3 Å². The van der Waals surface area contributed by atoms with Crippen LogP contribution < -0.4 is 10.5 Å². The Kier molecular flexibility index (Phi) is 4.98. The molecule has 26 heavy (non-hydrogen) atoms. The molecule has 3 aromatic rings. The zero-order chi connectivity index (χ0) is 18.5. The number of rotatable bonds is 5. The third-order valence-electron chi connectivity index (χ3n) is 3.59. The molecule has 0 spiro atoms. The molecule has 0 aliphatic heterocycles. The molecular weight excluding hydrogens is 334 g/mol. The Bertz CT molecular complexity index is 912. The van der Waals surface area contributed by atoms with Crippen LogP contribution in [0.1, 0.15) is 27.4 Å². The Morgan fingerprint density at radius 2 is 1.69 bits per heavy atom. The van der Waals surface area contributed by atoms with E-state index in [9.17, 15) is 4.79 Å². The highest BCUT2D eigenvalue weighted by molar-refractivity contribution is 5.98. The van der Waals surface area contributed by atoms with Gasteiger partial charge < -0.3 is 19.8 Å². The molecule has 0 amide bonds. The van der Waals surface area contributed by atoms with Gasteiger partial charge in [0.1, 0.15) is 22.8 Å². The number of amidine groups is 1. The van der Waals surface area contributed by atoms with Gasteiger partial charge in [-0.2, -0.15) is 0 Å². The van der Waals surface area contributed by atoms with E-state index in [1.54, 1.807) is 38.1 Å². The van der Waals surface area contributed by atoms with Crippen molar-refractivity contribution >= 4 is 11.8 Å². The molecule has 2 aromatic carbocycles. The van der Waals surface area contributed by atoms with E-state index in [-0.39, 0.29) is 11.4 Å². The number of carbonyl (C=O) groups excluding carboxylic acids is 1. The summed E-state index contributed by atoms with van der Waals surface area (Å²) in [6.45, 7) is 3.26. The predicted molar refractivity (Wildman–Crippen MR) is 95.1 cm³/mol. The Morgan fingerprint density at radius 1 is 1.04 bits per heavy atom. The van der Waals surface area contributed by atoms with Gasteiger partial charge in [0, 0.05) is 5.56 Å². The molecule has 1 heterocycles. The number of aryl methyl sites for hydroxylation is 2. The summed E-state index contributed by atoms with van der Waals surface area (Å²) in [5, 5.41) is 7.38. The molecule has 0 fully saturated rings. The van der Waals surface area contributed by atoms with Crippen molar-refractivity contribution in [1.82, 2.24) is 5.16 Å². The molecule has 132 valence electrons. The van der Waals surface area contributed by atoms with Gasteiger partial charge >= 0.3 is 5.97 Å². The lowest BCUT2D eigenvalue weighted by molar-refractivity contribution is 0.0513. The molecule has 7 heteroatoms. The first-order valence-electron chi connectivity index (χ1n) is 7.85. The Balaban J connectivity index is 1.67. The summed E-state index contributed by atoms with van der Waals surface area (Å²) in [4.78, 5) is 16.9. The minimum atomic E-state index is -0.673. The first-order valence-corrected chi connectivity index (χ1v) is 7.85. The largest absolute Gasteiger partial charge is 0.457 e. The number of hydrogen-bond donors (Lipinski definition) is 1. The summed E-state index contributed by atoms with van der Waals surface area (Å²) in [6.07, 6.45) is 0. The number of para-hydroxylation sites is 1. The molecule has 0 saturated heterocycles. The second-order valence-corrected chi connectivity index (χ2v) is 5.49. The van der Waals surface area contributed by atoms with Crippen molar-refractivity contribution in [2.45, 2.75) is 13.8 Å². The molecule has 3 rings (SSSR count). The number of carbonyl (C=O) groups is 1. The van der Waals surface area contributed by atoms with Gasteiger partial charge in [-0.3, -0.25) is 0 Å². The Hall–Kier alpha value is -3.61. The van der Waals surface area contributed by atoms with Crippen molar-refractivity contribution < 1.29 is 18.9 Å². The van der Waals surface area contributed by atoms with E-state index in [4.69, 9.17) is 19.8 Å². The number of benzene rings is 2. The number of hydrogen-bond acceptors (Lipinski definition) is 6. The molecule has 2 N–H and O–H groups in total. The van der Waals surface area contributed by atoms with E-state index in [1.807, 2.05) is 30.3 Å². The predicted octanol–water partition coefficient (Wildman–Crippen LogP) is 3.56. The fourth-order valence-corrected chi connectivity index (χ4v) is 2.28. The minimum Gasteiger partial charge on any atom is -0.457 e. The smallest absolute Gasteiger partial charge is 0.371 e. The fraction of sp³-hybridized carbons (Fsp3) is 0.105. The highest BCUT2D eigenvalue weighted by atomic mass is 16.7. The third kappa shape index (κ3) is 3.89. The molecule has 0 aliphatic carbocycles. The summed E-state index contributed by atoms with van der Waals surface area (Å²) in [6, 6.07) is 16.4. The van der Waals surface area contributed by atoms with Gasteiger partial charge in [-0.25, -0.2) is 4.79 Å². The lowest BCUT2D eigenvalue weighted by atomic mass is 10.2. The maximum atomic E-state index is 12.0. The van der Waals surface area contributed by atoms with Gasteiger partial charge in [-0.05, 0) is 50.2 Å². The lowest BCUT2D eigenvalue weighted by Gasteiger charge is -2.06. The maximum Gasteiger partial charge on any atom is 0.371 e. The van der Waals surface area contributed by atoms with Crippen LogP contribution in [0.2, 0.25) is 0 Å². The van der Waals surface area contributed by atoms with E-state index in [1.165, 1.54) is 0 Å². The molecule has 7 nitrogen and oxygen atoms in total. The molecule has 0 atom stereocenters. The summed E-state index contributed by atoms with van der Waals surface area (Å²) >= 11 is 0. The van der Waals surface area contributed by atoms with E-state index in [0.29, 0.717) is 22.8 Å². The molecule has 0 unspecified atom stereocenters. The van der Waals surface area contributed by atoms with Gasteiger partial charge in [-0.1, -0.05) is 28.5 Å². The lowest BCUT2D eigenvalue weighted by Crippen LogP contribution is -2.15. The number of oxime groups is 1. The van der Waals surface area contributed by atoms with Gasteiger partial charge in [-0.15, -0.1) is 0 Å². The maximum absolute atomic E-state index is 12.0. The normalized spacial score (nSPS) is 11.2. The molecule has 0 saturated carbocycles. The topological polar surface area (TPSA) is 99.9 Å². The van der Waals surface area contributed by atoms with Crippen molar-refractivity contribution in [2.75, 3.05) is 0 Å². The Labute approximate surface area is 150 Å². The monoisotopic (exact) mass is 351 g/mol. The summed E-state index contributed by atoms with van der Waals surface area (Å²) in [7, 11) is 0. The quantitative estimate of drug-likeness (QED) is 0.326. The summed E-state index contributed by atoms with van der Waals surface area (Å²) in [5.74, 6) is 1.14. The average molecular weight is 351 g/mol. The molecule has 0 radical (unpaired) electrons. The first kappa shape index (κ1) is 17.2. The fourth-order valence-electron chi connectivity index (χ4n) is 2.28. The van der Waals surface area contributed by atoms with Crippen LogP contribution in [-0.2, 0) is 4.84 Å². The standard InChI is InChI=1S/C19H17N3O4/c1-12-17(13(2)25-21-12)19(23)26-22-18(20)14-8-10-16(11-9-14)24-15-6-4-3-5-7-15/h3-11H,1-2H3,(H2,20,22). The van der Waals surface area contributed by atoms with Crippen LogP contribution in [-0.4, -0.2) is 17.0 Å². The molecule has 0 aliphatic rings. The van der Waals surface area contributed by atoms with Crippen molar-refractivity contribution in [2.24, 2.45) is 10.9 Å². The van der Waals surface area contributed by atoms with Gasteiger partial charge in [0.15, 0.2) is 5.84 Å². The number of ether oxygens (including phenoxy) is 1. The van der Waals surface area contributed by atoms with Crippen LogP contribution in [0.4, 0.5) is 0 Å². The minimum absolute atomic E-state index is 0.0661. The van der Waals surface area contributed by atoms with Crippen LogP contribution in [0.3, 0.4) is 0 Å². The van der Waals surface area contributed by atoms with Crippen molar-refractivity contribution in [3.63, 3.8) is 0 Å². The van der Waals surface area contributed by atoms with Crippen LogP contribution in [0, 0.1) is 13.8 Å². The van der Waals surface area contributed by atoms with Crippen LogP contribution >= 0.6 is 0 Å². The van der Waals surface area contributed by atoms with E-state index >= 15 is 0 Å².